The third kappa shape index (κ3) is 1.10. The lowest BCUT2D eigenvalue weighted by molar-refractivity contribution is 0.303. The third-order valence-electron chi connectivity index (χ3n) is 0.946. The molecule has 0 aliphatic rings. The van der Waals surface area contributed by atoms with Crippen LogP contribution in [0.25, 0.3) is 0 Å². The molecule has 0 bridgehead atoms. The molecule has 0 amide bonds. The van der Waals surface area contributed by atoms with Crippen molar-refractivity contribution in [1.82, 2.24) is 14.9 Å². The molecule has 0 aromatic carbocycles. The van der Waals surface area contributed by atoms with Crippen LogP contribution < -0.4 is 10.6 Å². The average Bonchev–Trinajstić information content (AvgIpc) is 2.20. The van der Waals surface area contributed by atoms with E-state index < -0.39 is 0 Å². The highest BCUT2D eigenvalue weighted by Gasteiger charge is 2.00. The third-order valence-corrected chi connectivity index (χ3v) is 1.23. The molecule has 1 heterocycles. The minimum absolute atomic E-state index is 0.313. The summed E-state index contributed by atoms with van der Waals surface area (Å²) < 4.78 is 6.52. The van der Waals surface area contributed by atoms with Gasteiger partial charge >= 0.3 is 6.01 Å². The Morgan fingerprint density at radius 2 is 2.60 bits per heavy atom. The number of hydrogen-bond acceptors (Lipinski definition) is 4. The number of ether oxygens (including phenoxy) is 1. The first-order chi connectivity index (χ1) is 4.75. The second-order valence-electron chi connectivity index (χ2n) is 1.61. The highest BCUT2D eigenvalue weighted by Crippen LogP contribution is 2.00. The van der Waals surface area contributed by atoms with E-state index in [9.17, 15) is 0 Å². The van der Waals surface area contributed by atoms with Gasteiger partial charge in [0, 0.05) is 0 Å². The lowest BCUT2D eigenvalue weighted by Crippen LogP contribution is -2.11. The van der Waals surface area contributed by atoms with Crippen molar-refractivity contribution in [3.8, 4) is 6.01 Å². The van der Waals surface area contributed by atoms with Gasteiger partial charge in [-0.05, 0) is 19.1 Å². The number of aromatic nitrogens is 3. The Morgan fingerprint density at radius 3 is 3.00 bits per heavy atom. The summed E-state index contributed by atoms with van der Waals surface area (Å²) >= 11 is 4.73. The smallest absolute Gasteiger partial charge is 0.335 e. The van der Waals surface area contributed by atoms with E-state index >= 15 is 0 Å². The fraction of sp³-hybridized carbons (Fsp3) is 0.500. The molecule has 10 heavy (non-hydrogen) atoms. The molecule has 0 spiro atoms. The van der Waals surface area contributed by atoms with E-state index in [1.807, 2.05) is 6.92 Å². The van der Waals surface area contributed by atoms with Crippen molar-refractivity contribution in [2.45, 2.75) is 6.92 Å². The van der Waals surface area contributed by atoms with Gasteiger partial charge in [-0.3, -0.25) is 0 Å². The maximum Gasteiger partial charge on any atom is 0.335 e. The predicted molar refractivity (Wildman–Crippen MR) is 38.7 cm³/mol. The molecule has 6 heteroatoms. The van der Waals surface area contributed by atoms with Crippen LogP contribution in [0.5, 0.6) is 6.01 Å². The second-order valence-corrected chi connectivity index (χ2v) is 2.00. The van der Waals surface area contributed by atoms with Gasteiger partial charge in [-0.1, -0.05) is 0 Å². The summed E-state index contributed by atoms with van der Waals surface area (Å²) in [6, 6.07) is 0.313. The summed E-state index contributed by atoms with van der Waals surface area (Å²) in [5, 5.41) is 6.19. The topological polar surface area (TPSA) is 68.9 Å². The Balaban J connectivity index is 2.94. The van der Waals surface area contributed by atoms with Gasteiger partial charge in [0.15, 0.2) is 0 Å². The van der Waals surface area contributed by atoms with Crippen LogP contribution in [0.2, 0.25) is 0 Å². The van der Waals surface area contributed by atoms with Gasteiger partial charge in [0.25, 0.3) is 0 Å². The van der Waals surface area contributed by atoms with E-state index in [-0.39, 0.29) is 0 Å². The Labute approximate surface area is 62.8 Å². The van der Waals surface area contributed by atoms with E-state index in [1.54, 1.807) is 0 Å². The number of nitrogens with zero attached hydrogens (tertiary/aromatic N) is 2. The molecule has 5 nitrogen and oxygen atoms in total. The molecule has 0 radical (unpaired) electrons. The lowest BCUT2D eigenvalue weighted by atomic mass is 10.9. The first-order valence-electron chi connectivity index (χ1n) is 2.81. The zero-order valence-electron chi connectivity index (χ0n) is 5.50. The molecular weight excluding hydrogens is 152 g/mol. The van der Waals surface area contributed by atoms with E-state index in [2.05, 4.69) is 10.2 Å². The number of rotatable bonds is 2. The van der Waals surface area contributed by atoms with Crippen molar-refractivity contribution in [3.63, 3.8) is 0 Å². The Hall–Kier alpha value is -1.04. The molecule has 0 unspecified atom stereocenters. The van der Waals surface area contributed by atoms with Crippen LogP contribution in [0.4, 0.5) is 0 Å². The fourth-order valence-electron chi connectivity index (χ4n) is 0.521. The molecule has 3 N–H and O–H groups in total. The van der Waals surface area contributed by atoms with Crippen molar-refractivity contribution in [1.29, 1.82) is 0 Å². The van der Waals surface area contributed by atoms with Crippen molar-refractivity contribution in [2.75, 3.05) is 12.4 Å². The minimum atomic E-state index is 0.313. The number of H-pyrrole nitrogens is 1. The van der Waals surface area contributed by atoms with Gasteiger partial charge in [-0.25, -0.2) is 5.10 Å². The first-order valence-corrected chi connectivity index (χ1v) is 3.21. The number of nitrogens with two attached hydrogens (primary N) is 1. The molecule has 0 atom stereocenters. The quantitative estimate of drug-likeness (QED) is 0.474. The normalized spacial score (nSPS) is 9.70. The SMILES string of the molecule is CCOc1n[nH]c(=S)n1N. The van der Waals surface area contributed by atoms with Crippen LogP contribution in [0.15, 0.2) is 0 Å². The number of nitrogens with one attached hydrogen (secondary N) is 1. The maximum absolute atomic E-state index is 5.38. The molecule has 0 saturated heterocycles. The summed E-state index contributed by atoms with van der Waals surface area (Å²) in [6.45, 7) is 2.37. The Bertz CT molecular complexity index is 264. The molecule has 1 aromatic heterocycles. The van der Waals surface area contributed by atoms with Gasteiger partial charge in [-0.2, -0.15) is 4.68 Å². The van der Waals surface area contributed by atoms with Crippen molar-refractivity contribution < 1.29 is 4.74 Å². The van der Waals surface area contributed by atoms with E-state index in [0.717, 1.165) is 0 Å². The second kappa shape index (κ2) is 2.70. The zero-order chi connectivity index (χ0) is 7.56. The van der Waals surface area contributed by atoms with E-state index in [0.29, 0.717) is 17.4 Å². The number of aromatic amines is 1. The number of nitrogen functional groups attached to an aromatic ring is 1. The van der Waals surface area contributed by atoms with E-state index in [4.69, 9.17) is 22.8 Å². The highest BCUT2D eigenvalue weighted by molar-refractivity contribution is 7.71. The van der Waals surface area contributed by atoms with Crippen LogP contribution >= 0.6 is 12.2 Å². The largest absolute Gasteiger partial charge is 0.463 e. The van der Waals surface area contributed by atoms with Crippen LogP contribution in [0, 0.1) is 4.77 Å². The summed E-state index contributed by atoms with van der Waals surface area (Å²) in [7, 11) is 0. The summed E-state index contributed by atoms with van der Waals surface area (Å²) in [5.74, 6) is 5.38. The molecule has 56 valence electrons. The standard InChI is InChI=1S/C4H8N4OS/c1-2-9-3-6-7-4(10)8(3)5/h2,5H2,1H3,(H,7,10). The molecule has 0 aliphatic heterocycles. The predicted octanol–water partition coefficient (Wildman–Crippen LogP) is 0.0532. The summed E-state index contributed by atoms with van der Waals surface area (Å²) in [4.78, 5) is 0. The number of hydrogen-bond donors (Lipinski definition) is 2. The van der Waals surface area contributed by atoms with E-state index in [1.165, 1.54) is 4.68 Å². The monoisotopic (exact) mass is 160 g/mol. The molecule has 0 fully saturated rings. The van der Waals surface area contributed by atoms with Crippen molar-refractivity contribution in [2.24, 2.45) is 0 Å². The summed E-state index contributed by atoms with van der Waals surface area (Å²) in [5.41, 5.74) is 0. The van der Waals surface area contributed by atoms with Gasteiger partial charge < -0.3 is 10.6 Å². The first kappa shape index (κ1) is 7.07. The Morgan fingerprint density at radius 1 is 1.90 bits per heavy atom. The summed E-state index contributed by atoms with van der Waals surface area (Å²) in [6.07, 6.45) is 0. The molecule has 0 saturated carbocycles. The Kier molecular flexibility index (Phi) is 1.91. The lowest BCUT2D eigenvalue weighted by Gasteiger charge is -1.97. The molecule has 0 aliphatic carbocycles. The van der Waals surface area contributed by atoms with Gasteiger partial charge in [0.2, 0.25) is 4.77 Å². The van der Waals surface area contributed by atoms with Gasteiger partial charge in [0.05, 0.1) is 6.61 Å². The average molecular weight is 160 g/mol. The zero-order valence-corrected chi connectivity index (χ0v) is 6.31. The van der Waals surface area contributed by atoms with Crippen LogP contribution in [-0.2, 0) is 0 Å². The van der Waals surface area contributed by atoms with Gasteiger partial charge in [-0.15, -0.1) is 5.10 Å². The van der Waals surface area contributed by atoms with Crippen molar-refractivity contribution >= 4 is 12.2 Å². The fourth-order valence-corrected chi connectivity index (χ4v) is 0.645. The maximum atomic E-state index is 5.38. The van der Waals surface area contributed by atoms with Crippen LogP contribution in [0.1, 0.15) is 6.92 Å². The van der Waals surface area contributed by atoms with Crippen molar-refractivity contribution in [3.05, 3.63) is 4.77 Å². The van der Waals surface area contributed by atoms with Gasteiger partial charge in [0.1, 0.15) is 0 Å². The molecule has 1 aromatic rings. The van der Waals surface area contributed by atoms with Crippen LogP contribution in [-0.4, -0.2) is 21.5 Å². The highest BCUT2D eigenvalue weighted by atomic mass is 32.1. The molecule has 1 rings (SSSR count). The van der Waals surface area contributed by atoms with Crippen LogP contribution in [0.3, 0.4) is 0 Å². The molecular formula is C4H8N4OS. The minimum Gasteiger partial charge on any atom is -0.463 e.